The average Bonchev–Trinajstić information content (AvgIpc) is 3.27. The molecule has 3 aromatic rings. The highest BCUT2D eigenvalue weighted by Gasteiger charge is 2.39. The molecule has 2 aliphatic rings. The smallest absolute Gasteiger partial charge is 0.255 e. The van der Waals surface area contributed by atoms with Crippen LogP contribution in [0, 0.1) is 5.82 Å². The van der Waals surface area contributed by atoms with E-state index >= 15 is 0 Å². The van der Waals surface area contributed by atoms with E-state index in [9.17, 15) is 18.8 Å². The van der Waals surface area contributed by atoms with Crippen LogP contribution in [0.5, 0.6) is 0 Å². The molecular formula is C23H18ClFN4O3. The molecule has 9 heteroatoms. The van der Waals surface area contributed by atoms with Gasteiger partial charge in [-0.25, -0.2) is 4.39 Å². The van der Waals surface area contributed by atoms with Gasteiger partial charge in [-0.05, 0) is 47.9 Å². The minimum Gasteiger partial charge on any atom is -0.322 e. The molecule has 3 amide bonds. The molecular weight excluding hydrogens is 435 g/mol. The van der Waals surface area contributed by atoms with Crippen molar-refractivity contribution in [3.63, 3.8) is 0 Å². The number of aryl methyl sites for hydroxylation is 1. The van der Waals surface area contributed by atoms with Crippen molar-refractivity contribution in [1.82, 2.24) is 20.0 Å². The molecule has 2 aliphatic heterocycles. The van der Waals surface area contributed by atoms with E-state index in [1.165, 1.54) is 17.0 Å². The third kappa shape index (κ3) is 3.36. The van der Waals surface area contributed by atoms with E-state index in [4.69, 9.17) is 11.6 Å². The number of aromatic nitrogens is 2. The summed E-state index contributed by atoms with van der Waals surface area (Å²) in [4.78, 5) is 38.1. The molecule has 0 saturated carbocycles. The van der Waals surface area contributed by atoms with Crippen LogP contribution in [0.15, 0.2) is 42.6 Å². The molecule has 7 nitrogen and oxygen atoms in total. The van der Waals surface area contributed by atoms with Crippen molar-refractivity contribution in [1.29, 1.82) is 0 Å². The Balaban J connectivity index is 1.51. The summed E-state index contributed by atoms with van der Waals surface area (Å²) >= 11 is 6.05. The summed E-state index contributed by atoms with van der Waals surface area (Å²) in [6.45, 7) is 0.273. The number of rotatable bonds is 3. The van der Waals surface area contributed by atoms with Gasteiger partial charge < -0.3 is 4.90 Å². The first-order chi connectivity index (χ1) is 15.3. The van der Waals surface area contributed by atoms with Gasteiger partial charge in [0.05, 0.1) is 11.9 Å². The quantitative estimate of drug-likeness (QED) is 0.618. The number of hydrogen-bond donors (Lipinski definition) is 1. The van der Waals surface area contributed by atoms with Crippen LogP contribution in [-0.2, 0) is 23.2 Å². The maximum absolute atomic E-state index is 14.0. The molecule has 0 radical (unpaired) electrons. The zero-order valence-corrected chi connectivity index (χ0v) is 17.8. The Bertz CT molecular complexity index is 1280. The standard InChI is InChI=1S/C23H18ClFN4O3/c1-28-21(13-7-15(24)9-16(25)8-13)18(10-26-28)12-2-3-17-14(6-12)11-29(23(17)32)19-4-5-20(30)27-22(19)31/h2-3,6-10,19H,4-5,11H2,1H3,(H,27,30,31). The van der Waals surface area contributed by atoms with Crippen molar-refractivity contribution in [3.05, 3.63) is 64.6 Å². The van der Waals surface area contributed by atoms with Gasteiger partial charge in [0.25, 0.3) is 5.91 Å². The zero-order valence-electron chi connectivity index (χ0n) is 17.1. The predicted molar refractivity (Wildman–Crippen MR) is 115 cm³/mol. The predicted octanol–water partition coefficient (Wildman–Crippen LogP) is 3.31. The van der Waals surface area contributed by atoms with E-state index in [1.54, 1.807) is 30.1 Å². The fourth-order valence-corrected chi connectivity index (χ4v) is 4.65. The molecule has 3 heterocycles. The minimum absolute atomic E-state index is 0.205. The molecule has 2 aromatic carbocycles. The van der Waals surface area contributed by atoms with Crippen molar-refractivity contribution >= 4 is 29.3 Å². The Morgan fingerprint density at radius 2 is 1.91 bits per heavy atom. The molecule has 0 aliphatic carbocycles. The summed E-state index contributed by atoms with van der Waals surface area (Å²) in [6.07, 6.45) is 2.20. The monoisotopic (exact) mass is 452 g/mol. The van der Waals surface area contributed by atoms with Crippen LogP contribution in [0.3, 0.4) is 0 Å². The molecule has 1 saturated heterocycles. The van der Waals surface area contributed by atoms with E-state index < -0.39 is 17.8 Å². The second-order valence-corrected chi connectivity index (χ2v) is 8.40. The van der Waals surface area contributed by atoms with Gasteiger partial charge in [-0.2, -0.15) is 5.10 Å². The van der Waals surface area contributed by atoms with Gasteiger partial charge >= 0.3 is 0 Å². The largest absolute Gasteiger partial charge is 0.322 e. The maximum Gasteiger partial charge on any atom is 0.255 e. The summed E-state index contributed by atoms with van der Waals surface area (Å²) in [5, 5.41) is 6.92. The second kappa shape index (κ2) is 7.56. The number of halogens is 2. The Morgan fingerprint density at radius 1 is 1.09 bits per heavy atom. The molecule has 5 rings (SSSR count). The molecule has 32 heavy (non-hydrogen) atoms. The summed E-state index contributed by atoms with van der Waals surface area (Å²) in [5.41, 5.74) is 4.17. The number of carbonyl (C=O) groups excluding carboxylic acids is 3. The Kier molecular flexibility index (Phi) is 4.82. The lowest BCUT2D eigenvalue weighted by atomic mass is 9.98. The van der Waals surface area contributed by atoms with Gasteiger partial charge in [0.15, 0.2) is 0 Å². The first-order valence-electron chi connectivity index (χ1n) is 10.1. The molecule has 1 N–H and O–H groups in total. The molecule has 162 valence electrons. The van der Waals surface area contributed by atoms with Crippen LogP contribution in [0.25, 0.3) is 22.4 Å². The summed E-state index contributed by atoms with van der Waals surface area (Å²) < 4.78 is 15.6. The number of nitrogens with one attached hydrogen (secondary N) is 1. The normalized spacial score (nSPS) is 18.2. The summed E-state index contributed by atoms with van der Waals surface area (Å²) in [5.74, 6) is -1.44. The molecule has 1 unspecified atom stereocenters. The molecule has 1 fully saturated rings. The second-order valence-electron chi connectivity index (χ2n) is 7.96. The van der Waals surface area contributed by atoms with Gasteiger partial charge in [-0.3, -0.25) is 24.4 Å². The van der Waals surface area contributed by atoms with Crippen molar-refractivity contribution < 1.29 is 18.8 Å². The molecule has 0 spiro atoms. The Labute approximate surface area is 187 Å². The van der Waals surface area contributed by atoms with Gasteiger partial charge in [-0.1, -0.05) is 17.7 Å². The topological polar surface area (TPSA) is 84.3 Å². The lowest BCUT2D eigenvalue weighted by molar-refractivity contribution is -0.136. The van der Waals surface area contributed by atoms with Crippen molar-refractivity contribution in [2.24, 2.45) is 7.05 Å². The average molecular weight is 453 g/mol. The highest BCUT2D eigenvalue weighted by molar-refractivity contribution is 6.30. The third-order valence-corrected chi connectivity index (χ3v) is 6.13. The number of imide groups is 1. The van der Waals surface area contributed by atoms with Crippen LogP contribution in [0.2, 0.25) is 5.02 Å². The number of nitrogens with zero attached hydrogens (tertiary/aromatic N) is 3. The number of fused-ring (bicyclic) bond motifs is 1. The van der Waals surface area contributed by atoms with Crippen LogP contribution in [-0.4, -0.2) is 38.4 Å². The molecule has 0 bridgehead atoms. The fourth-order valence-electron chi connectivity index (χ4n) is 4.42. The van der Waals surface area contributed by atoms with Crippen molar-refractivity contribution in [3.8, 4) is 22.4 Å². The zero-order chi connectivity index (χ0) is 22.6. The van der Waals surface area contributed by atoms with E-state index in [-0.39, 0.29) is 29.8 Å². The highest BCUT2D eigenvalue weighted by atomic mass is 35.5. The summed E-state index contributed by atoms with van der Waals surface area (Å²) in [6, 6.07) is 9.08. The summed E-state index contributed by atoms with van der Waals surface area (Å²) in [7, 11) is 1.76. The lowest BCUT2D eigenvalue weighted by Gasteiger charge is -2.29. The molecule has 1 aromatic heterocycles. The number of piperidine rings is 1. The van der Waals surface area contributed by atoms with Crippen LogP contribution in [0.4, 0.5) is 4.39 Å². The fraction of sp³-hybridized carbons (Fsp3) is 0.217. The highest BCUT2D eigenvalue weighted by Crippen LogP contribution is 2.36. The Hall–Kier alpha value is -3.52. The van der Waals surface area contributed by atoms with E-state index in [2.05, 4.69) is 10.4 Å². The van der Waals surface area contributed by atoms with Gasteiger partial charge in [0.1, 0.15) is 11.9 Å². The number of amides is 3. The minimum atomic E-state index is -0.667. The van der Waals surface area contributed by atoms with Crippen LogP contribution >= 0.6 is 11.6 Å². The maximum atomic E-state index is 14.0. The van der Waals surface area contributed by atoms with Gasteiger partial charge in [0, 0.05) is 41.7 Å². The van der Waals surface area contributed by atoms with Gasteiger partial charge in [0.2, 0.25) is 11.8 Å². The van der Waals surface area contributed by atoms with E-state index in [0.717, 1.165) is 16.7 Å². The van der Waals surface area contributed by atoms with Crippen molar-refractivity contribution in [2.75, 3.05) is 0 Å². The first-order valence-corrected chi connectivity index (χ1v) is 10.5. The van der Waals surface area contributed by atoms with Crippen LogP contribution < -0.4 is 5.32 Å². The van der Waals surface area contributed by atoms with Crippen LogP contribution in [0.1, 0.15) is 28.8 Å². The van der Waals surface area contributed by atoms with Crippen molar-refractivity contribution in [2.45, 2.75) is 25.4 Å². The lowest BCUT2D eigenvalue weighted by Crippen LogP contribution is -2.52. The molecule has 1 atom stereocenters. The van der Waals surface area contributed by atoms with E-state index in [0.29, 0.717) is 23.2 Å². The number of hydrogen-bond acceptors (Lipinski definition) is 4. The number of benzene rings is 2. The van der Waals surface area contributed by atoms with Gasteiger partial charge in [-0.15, -0.1) is 0 Å². The first kappa shape index (κ1) is 20.4. The third-order valence-electron chi connectivity index (χ3n) is 5.91. The SMILES string of the molecule is Cn1ncc(-c2ccc3c(c2)CN(C2CCC(=O)NC2=O)C3=O)c1-c1cc(F)cc(Cl)c1. The van der Waals surface area contributed by atoms with E-state index in [1.807, 2.05) is 12.1 Å². The number of carbonyl (C=O) groups is 3. The Morgan fingerprint density at radius 3 is 2.66 bits per heavy atom.